The van der Waals surface area contributed by atoms with Crippen LogP contribution in [-0.4, -0.2) is 111 Å². The number of nitrogens with zero attached hydrogens (tertiary/aromatic N) is 6. The molecule has 0 unspecified atom stereocenters. The minimum atomic E-state index is -3.71. The lowest BCUT2D eigenvalue weighted by Crippen LogP contribution is -2.38. The summed E-state index contributed by atoms with van der Waals surface area (Å²) in [7, 11) is -3.71. The number of morpholine rings is 2. The molecular formula is C29H40N8O6S. The number of rotatable bonds is 11. The van der Waals surface area contributed by atoms with E-state index in [1.165, 1.54) is 0 Å². The monoisotopic (exact) mass is 628 g/mol. The van der Waals surface area contributed by atoms with Crippen molar-refractivity contribution in [1.29, 1.82) is 0 Å². The first kappa shape index (κ1) is 30.6. The van der Waals surface area contributed by atoms with Gasteiger partial charge in [0.1, 0.15) is 18.5 Å². The molecule has 0 radical (unpaired) electrons. The van der Waals surface area contributed by atoms with Crippen molar-refractivity contribution in [2.75, 3.05) is 76.0 Å². The number of pyridine rings is 2. The molecule has 0 amide bonds. The summed E-state index contributed by atoms with van der Waals surface area (Å²) in [5.74, 6) is 2.15. The highest BCUT2D eigenvalue weighted by Gasteiger charge is 2.25. The highest BCUT2D eigenvalue weighted by molar-refractivity contribution is 7.88. The zero-order chi connectivity index (χ0) is 30.4. The van der Waals surface area contributed by atoms with Gasteiger partial charge >= 0.3 is 0 Å². The number of sulfonamides is 1. The Balaban J connectivity index is 1.06. The highest BCUT2D eigenvalue weighted by atomic mass is 32.2. The standard InChI is InChI=1S/C29H40N8O6S/c30-44(38,39)20-21-15-25-26(31-17-21)16-27(37-8-12-41-13-9-37)35-28(25)43-23-3-1-22(2-4-23)34-29-32-18-24(19-33-29)42-14-7-36-5-10-40-11-6-36/h15-19,22-23H,1-14,20H2,(H2,30,38,39)(H,32,33,34). The molecule has 0 bridgehead atoms. The maximum Gasteiger partial charge on any atom is 0.225 e. The second-order valence-electron chi connectivity index (χ2n) is 11.4. The van der Waals surface area contributed by atoms with Gasteiger partial charge in [-0.05, 0) is 37.3 Å². The first-order chi connectivity index (χ1) is 21.4. The van der Waals surface area contributed by atoms with Crippen LogP contribution in [0.25, 0.3) is 10.9 Å². The molecule has 15 heteroatoms. The first-order valence-corrected chi connectivity index (χ1v) is 16.9. The van der Waals surface area contributed by atoms with Crippen LogP contribution in [0.4, 0.5) is 11.8 Å². The van der Waals surface area contributed by atoms with Crippen molar-refractivity contribution in [2.24, 2.45) is 5.14 Å². The Morgan fingerprint density at radius 1 is 0.932 bits per heavy atom. The number of fused-ring (bicyclic) bond motifs is 1. The van der Waals surface area contributed by atoms with Crippen LogP contribution in [0.1, 0.15) is 31.2 Å². The topological polar surface area (TPSA) is 167 Å². The molecule has 3 aromatic heterocycles. The van der Waals surface area contributed by atoms with E-state index in [2.05, 4.69) is 30.1 Å². The van der Waals surface area contributed by atoms with Crippen LogP contribution < -0.4 is 24.8 Å². The van der Waals surface area contributed by atoms with Crippen molar-refractivity contribution >= 4 is 32.7 Å². The van der Waals surface area contributed by atoms with E-state index in [1.54, 1.807) is 24.7 Å². The van der Waals surface area contributed by atoms with Gasteiger partial charge in [0.25, 0.3) is 0 Å². The van der Waals surface area contributed by atoms with Crippen molar-refractivity contribution in [1.82, 2.24) is 24.8 Å². The van der Waals surface area contributed by atoms with Crippen molar-refractivity contribution < 1.29 is 27.4 Å². The fraction of sp³-hybridized carbons (Fsp3) is 0.586. The normalized spacial score (nSPS) is 21.7. The molecule has 0 atom stereocenters. The molecule has 3 N–H and O–H groups in total. The molecular weight excluding hydrogens is 588 g/mol. The quantitative estimate of drug-likeness (QED) is 0.314. The Morgan fingerprint density at radius 3 is 2.34 bits per heavy atom. The molecule has 238 valence electrons. The molecule has 5 heterocycles. The second kappa shape index (κ2) is 14.2. The highest BCUT2D eigenvalue weighted by Crippen LogP contribution is 2.32. The lowest BCUT2D eigenvalue weighted by Gasteiger charge is -2.31. The van der Waals surface area contributed by atoms with Gasteiger partial charge in [0.15, 0.2) is 5.75 Å². The number of hydrogen-bond donors (Lipinski definition) is 2. The largest absolute Gasteiger partial charge is 0.489 e. The van der Waals surface area contributed by atoms with Gasteiger partial charge in [-0.2, -0.15) is 4.98 Å². The van der Waals surface area contributed by atoms with Crippen molar-refractivity contribution in [3.63, 3.8) is 0 Å². The Morgan fingerprint density at radius 2 is 1.64 bits per heavy atom. The van der Waals surface area contributed by atoms with Crippen LogP contribution in [0.3, 0.4) is 0 Å². The Kier molecular flexibility index (Phi) is 9.86. The van der Waals surface area contributed by atoms with E-state index in [9.17, 15) is 8.42 Å². The summed E-state index contributed by atoms with van der Waals surface area (Å²) >= 11 is 0. The zero-order valence-electron chi connectivity index (χ0n) is 24.8. The summed E-state index contributed by atoms with van der Waals surface area (Å²) in [4.78, 5) is 22.8. The molecule has 6 rings (SSSR count). The number of nitrogens with one attached hydrogen (secondary N) is 1. The Hall–Kier alpha value is -3.37. The van der Waals surface area contributed by atoms with Crippen LogP contribution in [0.5, 0.6) is 11.6 Å². The van der Waals surface area contributed by atoms with Gasteiger partial charge in [-0.15, -0.1) is 0 Å². The van der Waals surface area contributed by atoms with Crippen LogP contribution in [0, 0.1) is 0 Å². The minimum Gasteiger partial charge on any atom is -0.489 e. The van der Waals surface area contributed by atoms with Gasteiger partial charge in [0.2, 0.25) is 21.9 Å². The average Bonchev–Trinajstić information content (AvgIpc) is 3.03. The Bertz CT molecular complexity index is 1490. The van der Waals surface area contributed by atoms with Crippen LogP contribution in [0.15, 0.2) is 30.7 Å². The van der Waals surface area contributed by atoms with Crippen molar-refractivity contribution in [3.05, 3.63) is 36.3 Å². The third-order valence-corrected chi connectivity index (χ3v) is 8.82. The van der Waals surface area contributed by atoms with E-state index >= 15 is 0 Å². The predicted molar refractivity (Wildman–Crippen MR) is 164 cm³/mol. The third-order valence-electron chi connectivity index (χ3n) is 8.08. The summed E-state index contributed by atoms with van der Waals surface area (Å²) in [6.45, 7) is 7.55. The maximum atomic E-state index is 11.7. The smallest absolute Gasteiger partial charge is 0.225 e. The van der Waals surface area contributed by atoms with Gasteiger partial charge < -0.3 is 29.2 Å². The minimum absolute atomic E-state index is 0.0475. The molecule has 14 nitrogen and oxygen atoms in total. The van der Waals surface area contributed by atoms with Gasteiger partial charge in [-0.3, -0.25) is 9.88 Å². The van der Waals surface area contributed by atoms with Gasteiger partial charge in [0, 0.05) is 51.0 Å². The number of aromatic nitrogens is 4. The molecule has 1 saturated carbocycles. The third kappa shape index (κ3) is 8.41. The Labute approximate surface area is 257 Å². The fourth-order valence-electron chi connectivity index (χ4n) is 5.73. The zero-order valence-corrected chi connectivity index (χ0v) is 25.6. The summed E-state index contributed by atoms with van der Waals surface area (Å²) < 4.78 is 46.7. The molecule has 0 aromatic carbocycles. The molecule has 3 fully saturated rings. The van der Waals surface area contributed by atoms with Gasteiger partial charge in [-0.1, -0.05) is 0 Å². The van der Waals surface area contributed by atoms with E-state index < -0.39 is 10.0 Å². The van der Waals surface area contributed by atoms with Crippen molar-refractivity contribution in [3.8, 4) is 11.6 Å². The molecule has 0 spiro atoms. The molecule has 2 aliphatic heterocycles. The molecule has 3 aromatic rings. The number of anilines is 2. The second-order valence-corrected chi connectivity index (χ2v) is 13.0. The molecule has 2 saturated heterocycles. The van der Waals surface area contributed by atoms with Crippen LogP contribution in [0.2, 0.25) is 0 Å². The first-order valence-electron chi connectivity index (χ1n) is 15.2. The van der Waals surface area contributed by atoms with E-state index in [4.69, 9.17) is 29.1 Å². The number of primary sulfonamides is 1. The summed E-state index contributed by atoms with van der Waals surface area (Å²) in [6, 6.07) is 3.89. The maximum absolute atomic E-state index is 11.7. The predicted octanol–water partition coefficient (Wildman–Crippen LogP) is 1.56. The number of nitrogens with two attached hydrogens (primary N) is 1. The summed E-state index contributed by atoms with van der Waals surface area (Å²) in [5, 5.41) is 9.41. The van der Waals surface area contributed by atoms with Crippen LogP contribution in [-0.2, 0) is 25.2 Å². The van der Waals surface area contributed by atoms with Crippen LogP contribution >= 0.6 is 0 Å². The fourth-order valence-corrected chi connectivity index (χ4v) is 6.35. The molecule has 1 aliphatic carbocycles. The van der Waals surface area contributed by atoms with Gasteiger partial charge in [-0.25, -0.2) is 23.5 Å². The lowest BCUT2D eigenvalue weighted by molar-refractivity contribution is 0.0322. The van der Waals surface area contributed by atoms with E-state index in [0.717, 1.165) is 77.4 Å². The lowest BCUT2D eigenvalue weighted by atomic mass is 9.93. The summed E-state index contributed by atoms with van der Waals surface area (Å²) in [5.41, 5.74) is 1.18. The average molecular weight is 629 g/mol. The molecule has 44 heavy (non-hydrogen) atoms. The SMILES string of the molecule is NS(=O)(=O)Cc1cnc2cc(N3CCOCC3)nc(OC3CCC(Nc4ncc(OCCN5CCOCC5)cn4)CC3)c2c1. The van der Waals surface area contributed by atoms with E-state index in [1.807, 2.05) is 6.07 Å². The molecule has 3 aliphatic rings. The number of ether oxygens (including phenoxy) is 4. The van der Waals surface area contributed by atoms with Gasteiger partial charge in [0.05, 0.1) is 55.5 Å². The van der Waals surface area contributed by atoms with E-state index in [0.29, 0.717) is 53.9 Å². The number of hydrogen-bond acceptors (Lipinski definition) is 13. The van der Waals surface area contributed by atoms with Crippen molar-refractivity contribution in [2.45, 2.75) is 43.6 Å². The van der Waals surface area contributed by atoms with E-state index in [-0.39, 0.29) is 17.9 Å². The summed E-state index contributed by atoms with van der Waals surface area (Å²) in [6.07, 6.45) is 8.30.